The van der Waals surface area contributed by atoms with Crippen molar-refractivity contribution >= 4 is 5.69 Å². The van der Waals surface area contributed by atoms with Crippen molar-refractivity contribution in [3.8, 4) is 0 Å². The molecule has 2 rings (SSSR count). The van der Waals surface area contributed by atoms with Crippen LogP contribution in [0.25, 0.3) is 0 Å². The summed E-state index contributed by atoms with van der Waals surface area (Å²) in [6.07, 6.45) is 1.07. The Hall–Kier alpha value is -1.06. The van der Waals surface area contributed by atoms with Crippen LogP contribution in [0.2, 0.25) is 0 Å². The second-order valence-electron chi connectivity index (χ2n) is 8.19. The number of benzene rings is 1. The van der Waals surface area contributed by atoms with Crippen LogP contribution in [0.15, 0.2) is 24.3 Å². The van der Waals surface area contributed by atoms with Crippen LogP contribution in [-0.2, 0) is 5.60 Å². The van der Waals surface area contributed by atoms with Gasteiger partial charge in [-0.15, -0.1) is 0 Å². The maximum Gasteiger partial charge on any atom is 0.105 e. The van der Waals surface area contributed by atoms with Gasteiger partial charge in [-0.2, -0.15) is 0 Å². The fourth-order valence-electron chi connectivity index (χ4n) is 3.61. The molecule has 0 amide bonds. The second-order valence-corrected chi connectivity index (χ2v) is 8.19. The number of hydrogen-bond donors (Lipinski definition) is 2. The minimum absolute atomic E-state index is 0.291. The summed E-state index contributed by atoms with van der Waals surface area (Å²) in [7, 11) is 0. The Morgan fingerprint density at radius 2 is 1.78 bits per heavy atom. The molecule has 1 saturated carbocycles. The zero-order valence-corrected chi connectivity index (χ0v) is 15.4. The molecule has 0 saturated heterocycles. The molecule has 0 heterocycles. The predicted molar refractivity (Wildman–Crippen MR) is 98.6 cm³/mol. The number of anilines is 1. The van der Waals surface area contributed by atoms with Crippen LogP contribution >= 0.6 is 0 Å². The minimum atomic E-state index is -0.878. The lowest BCUT2D eigenvalue weighted by molar-refractivity contribution is 0.0176. The molecular weight excluding hydrogens is 284 g/mol. The summed E-state index contributed by atoms with van der Waals surface area (Å²) in [6.45, 7) is 13.5. The molecule has 1 fully saturated rings. The number of hydrogen-bond acceptors (Lipinski definition) is 3. The molecule has 1 aliphatic rings. The third-order valence-corrected chi connectivity index (χ3v) is 4.92. The lowest BCUT2D eigenvalue weighted by atomic mass is 9.87. The zero-order chi connectivity index (χ0) is 17.2. The third kappa shape index (κ3) is 4.27. The molecule has 0 aliphatic heterocycles. The molecule has 3 nitrogen and oxygen atoms in total. The summed E-state index contributed by atoms with van der Waals surface area (Å²) in [6, 6.07) is 8.40. The number of aliphatic hydroxyl groups is 1. The molecule has 0 aromatic heterocycles. The van der Waals surface area contributed by atoms with Gasteiger partial charge in [-0.25, -0.2) is 0 Å². The standard InChI is InChI=1S/C20H34N2O/c1-14(2)11-22(12-15(3)4)18-8-6-7-17(10-18)20(23,13-21)19-9-16(19)5/h6-8,10,14-16,19,23H,9,11-13,21H2,1-5H3. The molecule has 1 aliphatic carbocycles. The van der Waals surface area contributed by atoms with E-state index in [1.165, 1.54) is 5.69 Å². The fourth-order valence-corrected chi connectivity index (χ4v) is 3.61. The smallest absolute Gasteiger partial charge is 0.105 e. The van der Waals surface area contributed by atoms with Crippen molar-refractivity contribution in [2.24, 2.45) is 29.4 Å². The second kappa shape index (κ2) is 7.23. The highest BCUT2D eigenvalue weighted by Gasteiger charge is 2.49. The summed E-state index contributed by atoms with van der Waals surface area (Å²) in [5.41, 5.74) is 7.26. The van der Waals surface area contributed by atoms with E-state index in [2.05, 4.69) is 57.7 Å². The topological polar surface area (TPSA) is 49.5 Å². The van der Waals surface area contributed by atoms with Crippen molar-refractivity contribution in [3.05, 3.63) is 29.8 Å². The Balaban J connectivity index is 2.29. The highest BCUT2D eigenvalue weighted by molar-refractivity contribution is 5.50. The third-order valence-electron chi connectivity index (χ3n) is 4.92. The van der Waals surface area contributed by atoms with Crippen LogP contribution in [0.5, 0.6) is 0 Å². The van der Waals surface area contributed by atoms with Crippen molar-refractivity contribution < 1.29 is 5.11 Å². The molecule has 0 radical (unpaired) electrons. The van der Waals surface area contributed by atoms with E-state index in [1.54, 1.807) is 0 Å². The van der Waals surface area contributed by atoms with Crippen LogP contribution < -0.4 is 10.6 Å². The van der Waals surface area contributed by atoms with E-state index in [9.17, 15) is 5.11 Å². The maximum atomic E-state index is 11.1. The van der Waals surface area contributed by atoms with E-state index < -0.39 is 5.60 Å². The van der Waals surface area contributed by atoms with Gasteiger partial charge in [-0.1, -0.05) is 46.8 Å². The van der Waals surface area contributed by atoms with Gasteiger partial charge in [0.15, 0.2) is 0 Å². The molecule has 0 spiro atoms. The summed E-state index contributed by atoms with van der Waals surface area (Å²) in [5.74, 6) is 2.07. The lowest BCUT2D eigenvalue weighted by Crippen LogP contribution is -2.38. The number of nitrogens with zero attached hydrogens (tertiary/aromatic N) is 1. The van der Waals surface area contributed by atoms with Gasteiger partial charge in [0.05, 0.1) is 0 Å². The Morgan fingerprint density at radius 1 is 1.22 bits per heavy atom. The van der Waals surface area contributed by atoms with E-state index in [0.717, 1.165) is 25.1 Å². The van der Waals surface area contributed by atoms with Crippen LogP contribution in [0.3, 0.4) is 0 Å². The minimum Gasteiger partial charge on any atom is -0.384 e. The molecule has 3 heteroatoms. The molecule has 3 N–H and O–H groups in total. The van der Waals surface area contributed by atoms with Gasteiger partial charge in [0, 0.05) is 25.3 Å². The van der Waals surface area contributed by atoms with Crippen LogP contribution in [0, 0.1) is 23.7 Å². The van der Waals surface area contributed by atoms with Crippen molar-refractivity contribution in [3.63, 3.8) is 0 Å². The van der Waals surface area contributed by atoms with Gasteiger partial charge in [0.2, 0.25) is 0 Å². The molecule has 0 bridgehead atoms. The Bertz CT molecular complexity index is 504. The van der Waals surface area contributed by atoms with E-state index in [0.29, 0.717) is 30.2 Å². The summed E-state index contributed by atoms with van der Waals surface area (Å²) < 4.78 is 0. The van der Waals surface area contributed by atoms with Crippen molar-refractivity contribution in [2.75, 3.05) is 24.5 Å². The van der Waals surface area contributed by atoms with Crippen LogP contribution in [0.4, 0.5) is 5.69 Å². The van der Waals surface area contributed by atoms with Crippen molar-refractivity contribution in [1.82, 2.24) is 0 Å². The van der Waals surface area contributed by atoms with Crippen LogP contribution in [-0.4, -0.2) is 24.7 Å². The number of rotatable bonds is 8. The first-order chi connectivity index (χ1) is 10.8. The predicted octanol–water partition coefficient (Wildman–Crippen LogP) is 3.61. The van der Waals surface area contributed by atoms with E-state index >= 15 is 0 Å². The van der Waals surface area contributed by atoms with Gasteiger partial charge in [-0.3, -0.25) is 0 Å². The van der Waals surface area contributed by atoms with Crippen molar-refractivity contribution in [1.29, 1.82) is 0 Å². The molecule has 3 atom stereocenters. The summed E-state index contributed by atoms with van der Waals surface area (Å²) in [5, 5.41) is 11.1. The molecule has 1 aromatic rings. The summed E-state index contributed by atoms with van der Waals surface area (Å²) >= 11 is 0. The van der Waals surface area contributed by atoms with Gasteiger partial charge in [-0.05, 0) is 47.8 Å². The zero-order valence-electron chi connectivity index (χ0n) is 15.4. The van der Waals surface area contributed by atoms with Crippen LogP contribution in [0.1, 0.15) is 46.6 Å². The first-order valence-electron chi connectivity index (χ1n) is 9.05. The lowest BCUT2D eigenvalue weighted by Gasteiger charge is -2.32. The van der Waals surface area contributed by atoms with Crippen molar-refractivity contribution in [2.45, 2.75) is 46.6 Å². The quantitative estimate of drug-likeness (QED) is 0.770. The maximum absolute atomic E-state index is 11.1. The Kier molecular flexibility index (Phi) is 5.74. The van der Waals surface area contributed by atoms with Gasteiger partial charge >= 0.3 is 0 Å². The van der Waals surface area contributed by atoms with Gasteiger partial charge < -0.3 is 15.7 Å². The van der Waals surface area contributed by atoms with Gasteiger partial charge in [0.1, 0.15) is 5.60 Å². The Morgan fingerprint density at radius 3 is 2.22 bits per heavy atom. The van der Waals surface area contributed by atoms with E-state index in [4.69, 9.17) is 5.73 Å². The van der Waals surface area contributed by atoms with Gasteiger partial charge in [0.25, 0.3) is 0 Å². The monoisotopic (exact) mass is 318 g/mol. The average Bonchev–Trinajstić information content (AvgIpc) is 3.22. The number of nitrogens with two attached hydrogens (primary N) is 1. The van der Waals surface area contributed by atoms with E-state index in [-0.39, 0.29) is 0 Å². The highest BCUT2D eigenvalue weighted by atomic mass is 16.3. The van der Waals surface area contributed by atoms with E-state index in [1.807, 2.05) is 6.07 Å². The Labute approximate surface area is 141 Å². The fraction of sp³-hybridized carbons (Fsp3) is 0.700. The molecule has 130 valence electrons. The SMILES string of the molecule is CC(C)CN(CC(C)C)c1cccc(C(O)(CN)C2CC2C)c1. The average molecular weight is 319 g/mol. The largest absolute Gasteiger partial charge is 0.384 e. The molecule has 3 unspecified atom stereocenters. The highest BCUT2D eigenvalue weighted by Crippen LogP contribution is 2.50. The summed E-state index contributed by atoms with van der Waals surface area (Å²) in [4.78, 5) is 2.44. The normalized spacial score (nSPS) is 23.2. The molecule has 1 aromatic carbocycles. The molecule has 23 heavy (non-hydrogen) atoms. The molecular formula is C20H34N2O. The first-order valence-corrected chi connectivity index (χ1v) is 9.05. The first kappa shape index (κ1) is 18.3.